The fraction of sp³-hybridized carbons (Fsp3) is 0.700. The summed E-state index contributed by atoms with van der Waals surface area (Å²) in [6.45, 7) is 12.5. The van der Waals surface area contributed by atoms with Crippen molar-refractivity contribution in [2.75, 3.05) is 58.3 Å². The standard InChI is InChI=1S/C20H35N7O2/c1-16(15-25(6)19(28)29-20(2,3)4)14-24-17(21-5)26-10-12-27(13-11-26)18-22-8-7-9-23-18/h7-9,16H,10-15H2,1-6H3,(H,21,24). The molecular weight excluding hydrogens is 370 g/mol. The van der Waals surface area contributed by atoms with Gasteiger partial charge in [0.15, 0.2) is 5.96 Å². The Labute approximate surface area is 174 Å². The van der Waals surface area contributed by atoms with Crippen LogP contribution in [0.15, 0.2) is 23.5 Å². The molecule has 1 N–H and O–H groups in total. The Balaban J connectivity index is 1.77. The summed E-state index contributed by atoms with van der Waals surface area (Å²) in [5, 5.41) is 3.43. The first-order chi connectivity index (χ1) is 13.7. The van der Waals surface area contributed by atoms with Crippen LogP contribution in [0.2, 0.25) is 0 Å². The Morgan fingerprint density at radius 1 is 1.28 bits per heavy atom. The van der Waals surface area contributed by atoms with Crippen LogP contribution in [0, 0.1) is 5.92 Å². The molecular formula is C20H35N7O2. The number of amides is 1. The van der Waals surface area contributed by atoms with Gasteiger partial charge >= 0.3 is 6.09 Å². The molecule has 162 valence electrons. The quantitative estimate of drug-likeness (QED) is 0.589. The van der Waals surface area contributed by atoms with Gasteiger partial charge in [-0.05, 0) is 32.8 Å². The van der Waals surface area contributed by atoms with Gasteiger partial charge in [0.25, 0.3) is 0 Å². The SMILES string of the molecule is CN=C(NCC(C)CN(C)C(=O)OC(C)(C)C)N1CCN(c2ncccn2)CC1. The highest BCUT2D eigenvalue weighted by molar-refractivity contribution is 5.80. The Hall–Kier alpha value is -2.58. The predicted octanol–water partition coefficient (Wildman–Crippen LogP) is 1.68. The summed E-state index contributed by atoms with van der Waals surface area (Å²) in [5.74, 6) is 1.91. The Kier molecular flexibility index (Phi) is 8.04. The molecule has 1 aliphatic heterocycles. The summed E-state index contributed by atoms with van der Waals surface area (Å²) in [7, 11) is 3.57. The van der Waals surface area contributed by atoms with Gasteiger partial charge < -0.3 is 24.8 Å². The third-order valence-corrected chi connectivity index (χ3v) is 4.53. The van der Waals surface area contributed by atoms with Crippen LogP contribution in [0.1, 0.15) is 27.7 Å². The van der Waals surface area contributed by atoms with Crippen LogP contribution < -0.4 is 10.2 Å². The zero-order chi connectivity index (χ0) is 21.4. The van der Waals surface area contributed by atoms with E-state index >= 15 is 0 Å². The number of piperazine rings is 1. The number of ether oxygens (including phenoxy) is 1. The maximum Gasteiger partial charge on any atom is 0.410 e. The van der Waals surface area contributed by atoms with Crippen LogP contribution in [-0.4, -0.2) is 90.8 Å². The number of hydrogen-bond acceptors (Lipinski definition) is 6. The summed E-state index contributed by atoms with van der Waals surface area (Å²) in [5.41, 5.74) is -0.484. The van der Waals surface area contributed by atoms with Gasteiger partial charge in [0.2, 0.25) is 5.95 Å². The number of rotatable bonds is 5. The van der Waals surface area contributed by atoms with E-state index in [1.165, 1.54) is 0 Å². The first-order valence-corrected chi connectivity index (χ1v) is 10.1. The highest BCUT2D eigenvalue weighted by atomic mass is 16.6. The van der Waals surface area contributed by atoms with Gasteiger partial charge in [0.05, 0.1) is 0 Å². The zero-order valence-electron chi connectivity index (χ0n) is 18.6. The predicted molar refractivity (Wildman–Crippen MR) is 115 cm³/mol. The highest BCUT2D eigenvalue weighted by Crippen LogP contribution is 2.11. The summed E-state index contributed by atoms with van der Waals surface area (Å²) in [6, 6.07) is 1.83. The van der Waals surface area contributed by atoms with Crippen molar-refractivity contribution in [3.05, 3.63) is 18.5 Å². The Morgan fingerprint density at radius 2 is 1.90 bits per heavy atom. The van der Waals surface area contributed by atoms with E-state index in [9.17, 15) is 4.79 Å². The van der Waals surface area contributed by atoms with Crippen LogP contribution in [0.5, 0.6) is 0 Å². The molecule has 0 aliphatic carbocycles. The molecule has 29 heavy (non-hydrogen) atoms. The van der Waals surface area contributed by atoms with Gasteiger partial charge in [0.1, 0.15) is 5.60 Å². The molecule has 1 unspecified atom stereocenters. The van der Waals surface area contributed by atoms with E-state index < -0.39 is 5.60 Å². The minimum Gasteiger partial charge on any atom is -0.444 e. The van der Waals surface area contributed by atoms with E-state index in [-0.39, 0.29) is 12.0 Å². The van der Waals surface area contributed by atoms with Crippen LogP contribution >= 0.6 is 0 Å². The largest absolute Gasteiger partial charge is 0.444 e. The van der Waals surface area contributed by atoms with Crippen molar-refractivity contribution in [1.82, 2.24) is 25.1 Å². The van der Waals surface area contributed by atoms with E-state index in [2.05, 4.69) is 37.0 Å². The summed E-state index contributed by atoms with van der Waals surface area (Å²) < 4.78 is 5.41. The Bertz CT molecular complexity index is 667. The summed E-state index contributed by atoms with van der Waals surface area (Å²) in [6.07, 6.45) is 3.24. The van der Waals surface area contributed by atoms with E-state index in [1.54, 1.807) is 31.4 Å². The smallest absolute Gasteiger partial charge is 0.410 e. The maximum atomic E-state index is 12.1. The number of nitrogens with one attached hydrogen (secondary N) is 1. The first kappa shape index (κ1) is 22.7. The number of guanidine groups is 1. The molecule has 0 bridgehead atoms. The van der Waals surface area contributed by atoms with Crippen LogP contribution in [0.3, 0.4) is 0 Å². The molecule has 2 rings (SSSR count). The van der Waals surface area contributed by atoms with Gasteiger partial charge in [-0.15, -0.1) is 0 Å². The first-order valence-electron chi connectivity index (χ1n) is 10.1. The topological polar surface area (TPSA) is 86.2 Å². The number of carbonyl (C=O) groups excluding carboxylic acids is 1. The number of aromatic nitrogens is 2. The van der Waals surface area contributed by atoms with Crippen molar-refractivity contribution in [2.45, 2.75) is 33.3 Å². The van der Waals surface area contributed by atoms with E-state index in [1.807, 2.05) is 26.8 Å². The average molecular weight is 406 g/mol. The molecule has 0 aromatic carbocycles. The number of aliphatic imine (C=N–C) groups is 1. The monoisotopic (exact) mass is 405 g/mol. The Morgan fingerprint density at radius 3 is 2.45 bits per heavy atom. The minimum absolute atomic E-state index is 0.253. The molecule has 2 heterocycles. The molecule has 1 aromatic heterocycles. The lowest BCUT2D eigenvalue weighted by Gasteiger charge is -2.36. The van der Waals surface area contributed by atoms with E-state index in [0.717, 1.165) is 44.6 Å². The zero-order valence-corrected chi connectivity index (χ0v) is 18.6. The fourth-order valence-corrected chi connectivity index (χ4v) is 3.12. The number of carbonyl (C=O) groups is 1. The van der Waals surface area contributed by atoms with Crippen molar-refractivity contribution < 1.29 is 9.53 Å². The lowest BCUT2D eigenvalue weighted by atomic mass is 10.1. The molecule has 0 saturated carbocycles. The lowest BCUT2D eigenvalue weighted by molar-refractivity contribution is 0.0277. The fourth-order valence-electron chi connectivity index (χ4n) is 3.12. The number of anilines is 1. The molecule has 1 atom stereocenters. The van der Waals surface area contributed by atoms with E-state index in [0.29, 0.717) is 6.54 Å². The molecule has 9 heteroatoms. The molecule has 0 spiro atoms. The van der Waals surface area contributed by atoms with Crippen molar-refractivity contribution in [1.29, 1.82) is 0 Å². The molecule has 1 amide bonds. The van der Waals surface area contributed by atoms with Crippen molar-refractivity contribution in [3.8, 4) is 0 Å². The molecule has 1 saturated heterocycles. The van der Waals surface area contributed by atoms with Gasteiger partial charge in [-0.1, -0.05) is 6.92 Å². The molecule has 9 nitrogen and oxygen atoms in total. The number of nitrogens with zero attached hydrogens (tertiary/aromatic N) is 6. The third-order valence-electron chi connectivity index (χ3n) is 4.53. The maximum absolute atomic E-state index is 12.1. The number of hydrogen-bond donors (Lipinski definition) is 1. The normalized spacial score (nSPS) is 16.4. The second kappa shape index (κ2) is 10.3. The molecule has 0 radical (unpaired) electrons. The summed E-state index contributed by atoms with van der Waals surface area (Å²) >= 11 is 0. The van der Waals surface area contributed by atoms with Crippen LogP contribution in [0.4, 0.5) is 10.7 Å². The van der Waals surface area contributed by atoms with Crippen molar-refractivity contribution in [3.63, 3.8) is 0 Å². The lowest BCUT2D eigenvalue weighted by Crippen LogP contribution is -2.53. The minimum atomic E-state index is -0.484. The van der Waals surface area contributed by atoms with Crippen LogP contribution in [0.25, 0.3) is 0 Å². The second-order valence-electron chi connectivity index (χ2n) is 8.42. The van der Waals surface area contributed by atoms with Gasteiger partial charge in [-0.3, -0.25) is 4.99 Å². The van der Waals surface area contributed by atoms with Crippen LogP contribution in [-0.2, 0) is 4.74 Å². The molecule has 1 aromatic rings. The third kappa shape index (κ3) is 7.40. The highest BCUT2D eigenvalue weighted by Gasteiger charge is 2.23. The van der Waals surface area contributed by atoms with Gasteiger partial charge in [-0.2, -0.15) is 0 Å². The van der Waals surface area contributed by atoms with E-state index in [4.69, 9.17) is 4.74 Å². The average Bonchev–Trinajstić information content (AvgIpc) is 2.68. The van der Waals surface area contributed by atoms with Crippen molar-refractivity contribution in [2.24, 2.45) is 10.9 Å². The van der Waals surface area contributed by atoms with Gasteiger partial charge in [-0.25, -0.2) is 14.8 Å². The second-order valence-corrected chi connectivity index (χ2v) is 8.42. The molecule has 1 aliphatic rings. The van der Waals surface area contributed by atoms with Crippen molar-refractivity contribution >= 4 is 18.0 Å². The summed E-state index contributed by atoms with van der Waals surface area (Å²) in [4.78, 5) is 31.2. The van der Waals surface area contributed by atoms with Gasteiger partial charge in [0, 0.05) is 65.8 Å². The molecule has 1 fully saturated rings.